The Morgan fingerprint density at radius 2 is 2.00 bits per heavy atom. The highest BCUT2D eigenvalue weighted by Gasteiger charge is 2.14. The smallest absolute Gasteiger partial charge is 0.315 e. The maximum absolute atomic E-state index is 11.8. The minimum Gasteiger partial charge on any atom is -0.481 e. The standard InChI is InChI=1S/C14H22N2O3S/c1-8(5-13(17)18)7-15-14(19)16-10(3)12-6-9(2)20-11(12)4/h6,8,10H,5,7H2,1-4H3,(H,17,18)(H2,15,16,19). The zero-order valence-electron chi connectivity index (χ0n) is 12.3. The molecule has 2 atom stereocenters. The third kappa shape index (κ3) is 5.21. The van der Waals surface area contributed by atoms with Crippen molar-refractivity contribution < 1.29 is 14.7 Å². The van der Waals surface area contributed by atoms with E-state index in [4.69, 9.17) is 5.11 Å². The van der Waals surface area contributed by atoms with Crippen LogP contribution in [-0.4, -0.2) is 23.7 Å². The molecule has 1 aromatic rings. The summed E-state index contributed by atoms with van der Waals surface area (Å²) in [6.45, 7) is 8.17. The van der Waals surface area contributed by atoms with Crippen LogP contribution in [0.15, 0.2) is 6.07 Å². The number of amides is 2. The molecule has 1 rings (SSSR count). The lowest BCUT2D eigenvalue weighted by Crippen LogP contribution is -2.39. The largest absolute Gasteiger partial charge is 0.481 e. The van der Waals surface area contributed by atoms with Gasteiger partial charge in [-0.05, 0) is 38.3 Å². The molecule has 0 radical (unpaired) electrons. The molecule has 5 nitrogen and oxygen atoms in total. The summed E-state index contributed by atoms with van der Waals surface area (Å²) in [6.07, 6.45) is 0.0542. The fourth-order valence-corrected chi connectivity index (χ4v) is 3.07. The Bertz CT molecular complexity index is 485. The molecule has 2 amide bonds. The van der Waals surface area contributed by atoms with Crippen molar-refractivity contribution in [2.24, 2.45) is 5.92 Å². The molecule has 0 spiro atoms. The molecule has 1 heterocycles. The van der Waals surface area contributed by atoms with Gasteiger partial charge in [0.2, 0.25) is 0 Å². The number of hydrogen-bond acceptors (Lipinski definition) is 3. The van der Waals surface area contributed by atoms with Gasteiger partial charge in [-0.25, -0.2) is 4.79 Å². The predicted octanol–water partition coefficient (Wildman–Crippen LogP) is 2.84. The summed E-state index contributed by atoms with van der Waals surface area (Å²) in [6, 6.07) is 1.76. The highest BCUT2D eigenvalue weighted by atomic mass is 32.1. The first kappa shape index (κ1) is 16.5. The average Bonchev–Trinajstić information content (AvgIpc) is 2.65. The van der Waals surface area contributed by atoms with E-state index in [2.05, 4.69) is 16.7 Å². The monoisotopic (exact) mass is 298 g/mol. The number of urea groups is 1. The number of aryl methyl sites for hydroxylation is 2. The van der Waals surface area contributed by atoms with Gasteiger partial charge in [-0.2, -0.15) is 0 Å². The zero-order chi connectivity index (χ0) is 15.3. The number of nitrogens with one attached hydrogen (secondary N) is 2. The lowest BCUT2D eigenvalue weighted by Gasteiger charge is -2.16. The van der Waals surface area contributed by atoms with E-state index >= 15 is 0 Å². The lowest BCUT2D eigenvalue weighted by molar-refractivity contribution is -0.137. The van der Waals surface area contributed by atoms with E-state index in [1.54, 1.807) is 18.3 Å². The van der Waals surface area contributed by atoms with E-state index in [-0.39, 0.29) is 24.4 Å². The number of carboxylic acid groups (broad SMARTS) is 1. The highest BCUT2D eigenvalue weighted by Crippen LogP contribution is 2.25. The number of rotatable bonds is 6. The normalized spacial score (nSPS) is 13.6. The summed E-state index contributed by atoms with van der Waals surface area (Å²) in [5.41, 5.74) is 1.13. The number of carboxylic acids is 1. The summed E-state index contributed by atoms with van der Waals surface area (Å²) >= 11 is 1.71. The summed E-state index contributed by atoms with van der Waals surface area (Å²) < 4.78 is 0. The molecular formula is C14H22N2O3S. The van der Waals surface area contributed by atoms with Crippen LogP contribution in [0.4, 0.5) is 4.79 Å². The van der Waals surface area contributed by atoms with E-state index < -0.39 is 5.97 Å². The molecule has 1 aromatic heterocycles. The van der Waals surface area contributed by atoms with Gasteiger partial charge in [-0.3, -0.25) is 4.79 Å². The molecule has 2 unspecified atom stereocenters. The third-order valence-corrected chi connectivity index (χ3v) is 4.01. The quantitative estimate of drug-likeness (QED) is 0.755. The van der Waals surface area contributed by atoms with Crippen molar-refractivity contribution in [3.05, 3.63) is 21.4 Å². The van der Waals surface area contributed by atoms with Gasteiger partial charge in [-0.15, -0.1) is 11.3 Å². The van der Waals surface area contributed by atoms with Gasteiger partial charge in [0.25, 0.3) is 0 Å². The maximum Gasteiger partial charge on any atom is 0.315 e. The minimum atomic E-state index is -0.850. The van der Waals surface area contributed by atoms with Gasteiger partial charge < -0.3 is 15.7 Å². The zero-order valence-corrected chi connectivity index (χ0v) is 13.1. The highest BCUT2D eigenvalue weighted by molar-refractivity contribution is 7.12. The summed E-state index contributed by atoms with van der Waals surface area (Å²) in [5, 5.41) is 14.2. The minimum absolute atomic E-state index is 0.0542. The maximum atomic E-state index is 11.8. The molecule has 0 saturated heterocycles. The van der Waals surface area contributed by atoms with Crippen LogP contribution in [0.5, 0.6) is 0 Å². The molecular weight excluding hydrogens is 276 g/mol. The van der Waals surface area contributed by atoms with Crippen LogP contribution in [0.2, 0.25) is 0 Å². The van der Waals surface area contributed by atoms with Crippen molar-refractivity contribution in [3.63, 3.8) is 0 Å². The summed E-state index contributed by atoms with van der Waals surface area (Å²) in [5.74, 6) is -0.934. The Hall–Kier alpha value is -1.56. The first-order valence-electron chi connectivity index (χ1n) is 6.62. The molecule has 0 saturated carbocycles. The van der Waals surface area contributed by atoms with Crippen molar-refractivity contribution in [3.8, 4) is 0 Å². The molecule has 20 heavy (non-hydrogen) atoms. The molecule has 3 N–H and O–H groups in total. The summed E-state index contributed by atoms with van der Waals surface area (Å²) in [7, 11) is 0. The molecule has 0 aromatic carbocycles. The van der Waals surface area contributed by atoms with Crippen LogP contribution < -0.4 is 10.6 Å². The topological polar surface area (TPSA) is 78.4 Å². The first-order valence-corrected chi connectivity index (χ1v) is 7.44. The lowest BCUT2D eigenvalue weighted by atomic mass is 10.1. The Balaban J connectivity index is 2.42. The molecule has 112 valence electrons. The van der Waals surface area contributed by atoms with Crippen LogP contribution in [0.25, 0.3) is 0 Å². The van der Waals surface area contributed by atoms with Gasteiger partial charge in [0.1, 0.15) is 0 Å². The Morgan fingerprint density at radius 1 is 1.35 bits per heavy atom. The fourth-order valence-electron chi connectivity index (χ4n) is 2.04. The second kappa shape index (κ2) is 7.28. The van der Waals surface area contributed by atoms with E-state index in [1.165, 1.54) is 9.75 Å². The second-order valence-electron chi connectivity index (χ2n) is 5.15. The second-order valence-corrected chi connectivity index (χ2v) is 6.61. The van der Waals surface area contributed by atoms with Gasteiger partial charge in [0.05, 0.1) is 6.04 Å². The Morgan fingerprint density at radius 3 is 2.50 bits per heavy atom. The van der Waals surface area contributed by atoms with Crippen LogP contribution in [-0.2, 0) is 4.79 Å². The number of carbonyl (C=O) groups is 2. The van der Waals surface area contributed by atoms with E-state index in [1.807, 2.05) is 20.8 Å². The van der Waals surface area contributed by atoms with Crippen LogP contribution >= 0.6 is 11.3 Å². The number of aliphatic carboxylic acids is 1. The number of carbonyl (C=O) groups excluding carboxylic acids is 1. The Kier molecular flexibility index (Phi) is 6.01. The van der Waals surface area contributed by atoms with Crippen molar-refractivity contribution in [2.75, 3.05) is 6.54 Å². The van der Waals surface area contributed by atoms with Gasteiger partial charge >= 0.3 is 12.0 Å². The van der Waals surface area contributed by atoms with Gasteiger partial charge in [0.15, 0.2) is 0 Å². The molecule has 0 aliphatic carbocycles. The van der Waals surface area contributed by atoms with Crippen LogP contribution in [0.3, 0.4) is 0 Å². The van der Waals surface area contributed by atoms with Crippen LogP contribution in [0.1, 0.15) is 41.6 Å². The van der Waals surface area contributed by atoms with Crippen molar-refractivity contribution in [1.29, 1.82) is 0 Å². The SMILES string of the molecule is Cc1cc(C(C)NC(=O)NCC(C)CC(=O)O)c(C)s1. The third-order valence-electron chi connectivity index (χ3n) is 3.03. The van der Waals surface area contributed by atoms with Gasteiger partial charge in [-0.1, -0.05) is 6.92 Å². The molecule has 0 bridgehead atoms. The molecule has 0 aliphatic heterocycles. The van der Waals surface area contributed by atoms with Crippen molar-refractivity contribution in [1.82, 2.24) is 10.6 Å². The van der Waals surface area contributed by atoms with E-state index in [9.17, 15) is 9.59 Å². The van der Waals surface area contributed by atoms with Crippen molar-refractivity contribution in [2.45, 2.75) is 40.2 Å². The summed E-state index contributed by atoms with van der Waals surface area (Å²) in [4.78, 5) is 24.7. The van der Waals surface area contributed by atoms with Crippen molar-refractivity contribution >= 4 is 23.3 Å². The Labute approximate surface area is 123 Å². The van der Waals surface area contributed by atoms with Gasteiger partial charge in [0, 0.05) is 22.7 Å². The fraction of sp³-hybridized carbons (Fsp3) is 0.571. The van der Waals surface area contributed by atoms with E-state index in [0.717, 1.165) is 5.56 Å². The predicted molar refractivity (Wildman–Crippen MR) is 80.2 cm³/mol. The number of thiophene rings is 1. The average molecular weight is 298 g/mol. The molecule has 0 fully saturated rings. The van der Waals surface area contributed by atoms with E-state index in [0.29, 0.717) is 6.54 Å². The first-order chi connectivity index (χ1) is 9.29. The van der Waals surface area contributed by atoms with Crippen LogP contribution in [0, 0.1) is 19.8 Å². The molecule has 6 heteroatoms. The molecule has 0 aliphatic rings. The number of hydrogen-bond donors (Lipinski definition) is 3.